The first kappa shape index (κ1) is 21.6. The van der Waals surface area contributed by atoms with Crippen LogP contribution in [0.4, 0.5) is 10.8 Å². The number of aryl methyl sites for hydroxylation is 1. The number of halogens is 2. The van der Waals surface area contributed by atoms with Crippen LogP contribution in [0.3, 0.4) is 0 Å². The van der Waals surface area contributed by atoms with Crippen LogP contribution in [-0.2, 0) is 11.3 Å². The lowest BCUT2D eigenvalue weighted by Gasteiger charge is -2.09. The van der Waals surface area contributed by atoms with Crippen molar-refractivity contribution in [1.29, 1.82) is 0 Å². The van der Waals surface area contributed by atoms with Gasteiger partial charge in [-0.1, -0.05) is 29.3 Å². The highest BCUT2D eigenvalue weighted by Crippen LogP contribution is 2.33. The van der Waals surface area contributed by atoms with Crippen LogP contribution in [0.25, 0.3) is 0 Å². The van der Waals surface area contributed by atoms with E-state index >= 15 is 0 Å². The third kappa shape index (κ3) is 5.08. The van der Waals surface area contributed by atoms with E-state index in [2.05, 4.69) is 15.7 Å². The fourth-order valence-electron chi connectivity index (χ4n) is 2.65. The number of carbonyl (C=O) groups is 1. The van der Waals surface area contributed by atoms with Gasteiger partial charge in [-0.15, -0.1) is 11.3 Å². The van der Waals surface area contributed by atoms with Crippen molar-refractivity contribution in [3.05, 3.63) is 62.1 Å². The smallest absolute Gasteiger partial charge is 0.341 e. The molecular formula is C19H18Cl2N4O2S2. The average Bonchev–Trinajstić information content (AvgIpc) is 3.21. The third-order valence-electron chi connectivity index (χ3n) is 4.23. The molecule has 0 aliphatic carbocycles. The summed E-state index contributed by atoms with van der Waals surface area (Å²) in [5, 5.41) is 12.7. The lowest BCUT2D eigenvalue weighted by Crippen LogP contribution is -2.20. The molecule has 152 valence electrons. The van der Waals surface area contributed by atoms with Crippen molar-refractivity contribution in [2.45, 2.75) is 20.4 Å². The number of aromatic nitrogens is 2. The number of benzene rings is 1. The Labute approximate surface area is 187 Å². The summed E-state index contributed by atoms with van der Waals surface area (Å²) in [7, 11) is 1.36. The number of esters is 1. The van der Waals surface area contributed by atoms with Gasteiger partial charge in [-0.3, -0.25) is 4.68 Å². The second-order valence-corrected chi connectivity index (χ2v) is 8.67. The monoisotopic (exact) mass is 468 g/mol. The predicted octanol–water partition coefficient (Wildman–Crippen LogP) is 5.51. The highest BCUT2D eigenvalue weighted by atomic mass is 35.5. The Bertz CT molecular complexity index is 1080. The molecule has 10 heteroatoms. The Kier molecular flexibility index (Phi) is 6.79. The van der Waals surface area contributed by atoms with Gasteiger partial charge in [-0.25, -0.2) is 4.79 Å². The molecule has 2 heterocycles. The molecule has 3 aromatic rings. The van der Waals surface area contributed by atoms with Gasteiger partial charge in [0.15, 0.2) is 10.9 Å². The van der Waals surface area contributed by atoms with Crippen LogP contribution in [0.15, 0.2) is 30.5 Å². The second-order valence-electron chi connectivity index (χ2n) is 6.19. The Morgan fingerprint density at radius 1 is 1.28 bits per heavy atom. The van der Waals surface area contributed by atoms with Crippen LogP contribution in [0.2, 0.25) is 10.0 Å². The summed E-state index contributed by atoms with van der Waals surface area (Å²) >= 11 is 19.0. The minimum Gasteiger partial charge on any atom is -0.465 e. The quantitative estimate of drug-likeness (QED) is 0.379. The van der Waals surface area contributed by atoms with Gasteiger partial charge in [0.05, 0.1) is 19.2 Å². The largest absolute Gasteiger partial charge is 0.465 e. The van der Waals surface area contributed by atoms with Crippen LogP contribution >= 0.6 is 46.8 Å². The van der Waals surface area contributed by atoms with Crippen molar-refractivity contribution in [2.24, 2.45) is 0 Å². The molecule has 2 N–H and O–H groups in total. The van der Waals surface area contributed by atoms with E-state index in [-0.39, 0.29) is 0 Å². The number of thiocarbonyl (C=S) groups is 1. The zero-order valence-corrected chi connectivity index (χ0v) is 19.0. The van der Waals surface area contributed by atoms with Crippen LogP contribution in [0.5, 0.6) is 0 Å². The number of methoxy groups -OCH3 is 1. The first-order valence-corrected chi connectivity index (χ1v) is 10.5. The Morgan fingerprint density at radius 2 is 2.03 bits per heavy atom. The van der Waals surface area contributed by atoms with Crippen molar-refractivity contribution in [2.75, 3.05) is 17.7 Å². The molecule has 0 unspecified atom stereocenters. The van der Waals surface area contributed by atoms with Gasteiger partial charge in [0.2, 0.25) is 0 Å². The van der Waals surface area contributed by atoms with Gasteiger partial charge in [0.1, 0.15) is 5.00 Å². The molecule has 0 spiro atoms. The summed E-state index contributed by atoms with van der Waals surface area (Å²) in [6.45, 7) is 4.31. The highest BCUT2D eigenvalue weighted by Gasteiger charge is 2.21. The third-order valence-corrected chi connectivity index (χ3v) is 6.15. The van der Waals surface area contributed by atoms with Crippen LogP contribution < -0.4 is 10.6 Å². The molecule has 1 aromatic carbocycles. The molecule has 29 heavy (non-hydrogen) atoms. The molecule has 0 fully saturated rings. The molecule has 0 radical (unpaired) electrons. The molecule has 0 atom stereocenters. The van der Waals surface area contributed by atoms with Gasteiger partial charge in [0, 0.05) is 27.2 Å². The SMILES string of the molecule is COC(=O)c1c(NC(=S)Nc2ccn(Cc3ccc(Cl)cc3Cl)n2)sc(C)c1C. The number of nitrogens with zero attached hydrogens (tertiary/aromatic N) is 2. The standard InChI is InChI=1S/C19H18Cl2N4O2S2/c1-10-11(2)29-17(16(10)18(26)27-3)23-19(28)22-15-6-7-25(24-15)9-12-4-5-13(20)8-14(12)21/h4-8H,9H2,1-3H3,(H2,22,23,24,28). The van der Waals surface area contributed by atoms with E-state index in [0.717, 1.165) is 16.0 Å². The van der Waals surface area contributed by atoms with Crippen LogP contribution in [-0.4, -0.2) is 28.0 Å². The Morgan fingerprint density at radius 3 is 2.72 bits per heavy atom. The molecule has 6 nitrogen and oxygen atoms in total. The lowest BCUT2D eigenvalue weighted by atomic mass is 10.1. The first-order valence-electron chi connectivity index (χ1n) is 8.52. The van der Waals surface area contributed by atoms with Crippen LogP contribution in [0, 0.1) is 13.8 Å². The molecule has 3 rings (SSSR count). The predicted molar refractivity (Wildman–Crippen MR) is 123 cm³/mol. The van der Waals surface area contributed by atoms with Crippen molar-refractivity contribution in [1.82, 2.24) is 9.78 Å². The summed E-state index contributed by atoms with van der Waals surface area (Å²) in [6.07, 6.45) is 1.81. The van der Waals surface area contributed by atoms with Crippen molar-refractivity contribution < 1.29 is 9.53 Å². The van der Waals surface area contributed by atoms with Crippen LogP contribution in [0.1, 0.15) is 26.4 Å². The minimum absolute atomic E-state index is 0.325. The Hall–Kier alpha value is -2.13. The van der Waals surface area contributed by atoms with E-state index in [1.165, 1.54) is 18.4 Å². The van der Waals surface area contributed by atoms with E-state index < -0.39 is 5.97 Å². The van der Waals surface area contributed by atoms with Crippen molar-refractivity contribution in [3.63, 3.8) is 0 Å². The number of ether oxygens (including phenoxy) is 1. The minimum atomic E-state index is -0.402. The number of nitrogens with one attached hydrogen (secondary N) is 2. The maximum atomic E-state index is 12.1. The summed E-state index contributed by atoms with van der Waals surface area (Å²) in [4.78, 5) is 13.1. The topological polar surface area (TPSA) is 68.2 Å². The van der Waals surface area contributed by atoms with Gasteiger partial charge in [-0.2, -0.15) is 5.10 Å². The fraction of sp³-hybridized carbons (Fsp3) is 0.211. The highest BCUT2D eigenvalue weighted by molar-refractivity contribution is 7.80. The maximum Gasteiger partial charge on any atom is 0.341 e. The van der Waals surface area contributed by atoms with E-state index in [4.69, 9.17) is 40.2 Å². The normalized spacial score (nSPS) is 10.7. The maximum absolute atomic E-state index is 12.1. The molecule has 2 aromatic heterocycles. The number of rotatable bonds is 5. The van der Waals surface area contributed by atoms with E-state index in [1.807, 2.05) is 26.1 Å². The molecule has 0 amide bonds. The average molecular weight is 469 g/mol. The number of anilines is 2. The summed E-state index contributed by atoms with van der Waals surface area (Å²) in [5.74, 6) is 0.165. The van der Waals surface area contributed by atoms with E-state index in [0.29, 0.717) is 38.1 Å². The Balaban J connectivity index is 1.68. The van der Waals surface area contributed by atoms with Gasteiger partial charge >= 0.3 is 5.97 Å². The summed E-state index contributed by atoms with van der Waals surface area (Å²) in [5.41, 5.74) is 2.26. The summed E-state index contributed by atoms with van der Waals surface area (Å²) < 4.78 is 6.61. The molecular weight excluding hydrogens is 451 g/mol. The van der Waals surface area contributed by atoms with E-state index in [1.54, 1.807) is 22.9 Å². The molecule has 0 bridgehead atoms. The molecule has 0 aliphatic heterocycles. The zero-order valence-electron chi connectivity index (χ0n) is 15.9. The first-order chi connectivity index (χ1) is 13.8. The fourth-order valence-corrected chi connectivity index (χ4v) is 4.45. The second kappa shape index (κ2) is 9.13. The number of thiophene rings is 1. The molecule has 0 saturated heterocycles. The molecule has 0 saturated carbocycles. The number of hydrogen-bond acceptors (Lipinski definition) is 5. The van der Waals surface area contributed by atoms with Crippen molar-refractivity contribution in [3.8, 4) is 0 Å². The van der Waals surface area contributed by atoms with Gasteiger partial charge in [0.25, 0.3) is 0 Å². The lowest BCUT2D eigenvalue weighted by molar-refractivity contribution is 0.0601. The number of carbonyl (C=O) groups excluding carboxylic acids is 1. The number of hydrogen-bond donors (Lipinski definition) is 2. The van der Waals surface area contributed by atoms with Crippen molar-refractivity contribution >= 4 is 68.7 Å². The zero-order chi connectivity index (χ0) is 21.1. The van der Waals surface area contributed by atoms with E-state index in [9.17, 15) is 4.79 Å². The van der Waals surface area contributed by atoms with Gasteiger partial charge < -0.3 is 15.4 Å². The summed E-state index contributed by atoms with van der Waals surface area (Å²) in [6, 6.07) is 7.14. The van der Waals surface area contributed by atoms with Gasteiger partial charge in [-0.05, 0) is 49.3 Å². The molecule has 0 aliphatic rings.